The molecular weight excluding hydrogens is 254 g/mol. The molecule has 1 N–H and O–H groups in total. The topological polar surface area (TPSA) is 64.9 Å². The molecular formula is C14H29N5O. The molecule has 6 nitrogen and oxygen atoms in total. The van der Waals surface area contributed by atoms with Crippen molar-refractivity contribution in [2.24, 2.45) is 0 Å². The minimum atomic E-state index is 0.137. The predicted molar refractivity (Wildman–Crippen MR) is 79.6 cm³/mol. The molecule has 0 amide bonds. The lowest BCUT2D eigenvalue weighted by molar-refractivity contribution is 0.195. The van der Waals surface area contributed by atoms with E-state index < -0.39 is 0 Å². The maximum Gasteiger partial charge on any atom is 0.168 e. The Morgan fingerprint density at radius 3 is 2.75 bits per heavy atom. The van der Waals surface area contributed by atoms with Gasteiger partial charge in [0.05, 0.1) is 18.7 Å². The molecule has 0 spiro atoms. The van der Waals surface area contributed by atoms with Crippen molar-refractivity contribution < 1.29 is 4.74 Å². The van der Waals surface area contributed by atoms with Crippen LogP contribution in [0.5, 0.6) is 0 Å². The van der Waals surface area contributed by atoms with Crippen molar-refractivity contribution in [1.82, 2.24) is 25.5 Å². The van der Waals surface area contributed by atoms with E-state index in [9.17, 15) is 0 Å². The molecule has 0 aromatic carbocycles. The van der Waals surface area contributed by atoms with Crippen molar-refractivity contribution in [1.29, 1.82) is 0 Å². The van der Waals surface area contributed by atoms with Crippen LogP contribution >= 0.6 is 0 Å². The Morgan fingerprint density at radius 1 is 1.25 bits per heavy atom. The molecule has 1 aromatic heterocycles. The number of hydrogen-bond donors (Lipinski definition) is 1. The van der Waals surface area contributed by atoms with Gasteiger partial charge in [-0.25, -0.2) is 4.68 Å². The van der Waals surface area contributed by atoms with Gasteiger partial charge in [-0.3, -0.25) is 0 Å². The van der Waals surface area contributed by atoms with E-state index in [0.717, 1.165) is 18.8 Å². The summed E-state index contributed by atoms with van der Waals surface area (Å²) in [5.74, 6) is 0.907. The van der Waals surface area contributed by atoms with Gasteiger partial charge in [0.15, 0.2) is 5.82 Å². The van der Waals surface area contributed by atoms with Gasteiger partial charge in [-0.15, -0.1) is 5.10 Å². The van der Waals surface area contributed by atoms with Crippen LogP contribution in [0.2, 0.25) is 0 Å². The van der Waals surface area contributed by atoms with Crippen LogP contribution in [0, 0.1) is 0 Å². The molecule has 116 valence electrons. The summed E-state index contributed by atoms with van der Waals surface area (Å²) in [4.78, 5) is 0. The van der Waals surface area contributed by atoms with E-state index in [0.29, 0.717) is 12.6 Å². The number of nitrogens with one attached hydrogen (secondary N) is 1. The Morgan fingerprint density at radius 2 is 2.05 bits per heavy atom. The van der Waals surface area contributed by atoms with Crippen LogP contribution in [0.1, 0.15) is 70.8 Å². The summed E-state index contributed by atoms with van der Waals surface area (Å²) in [7, 11) is 1.70. The Hall–Kier alpha value is -1.01. The van der Waals surface area contributed by atoms with Crippen LogP contribution in [0.4, 0.5) is 0 Å². The fourth-order valence-electron chi connectivity index (χ4n) is 2.26. The minimum absolute atomic E-state index is 0.137. The van der Waals surface area contributed by atoms with Crippen molar-refractivity contribution in [2.75, 3.05) is 20.3 Å². The molecule has 0 aliphatic heterocycles. The van der Waals surface area contributed by atoms with Gasteiger partial charge in [0, 0.05) is 13.7 Å². The summed E-state index contributed by atoms with van der Waals surface area (Å²) in [6, 6.07) is 0.488. The van der Waals surface area contributed by atoms with E-state index in [4.69, 9.17) is 4.74 Å². The highest BCUT2D eigenvalue weighted by molar-refractivity contribution is 4.91. The first-order valence-electron chi connectivity index (χ1n) is 7.70. The number of aromatic nitrogens is 4. The van der Waals surface area contributed by atoms with Crippen molar-refractivity contribution in [3.8, 4) is 0 Å². The summed E-state index contributed by atoms with van der Waals surface area (Å²) in [6.07, 6.45) is 6.23. The second-order valence-corrected chi connectivity index (χ2v) is 5.35. The molecule has 0 saturated carbocycles. The second kappa shape index (κ2) is 9.83. The standard InChI is InChI=1S/C14H29N5O/c1-5-6-7-8-9-12(2)19-14(16-17-18-19)13(3)15-10-11-20-4/h12-13,15H,5-11H2,1-4H3. The molecule has 0 radical (unpaired) electrons. The number of nitrogens with zero attached hydrogens (tertiary/aromatic N) is 4. The summed E-state index contributed by atoms with van der Waals surface area (Å²) in [5.41, 5.74) is 0. The zero-order chi connectivity index (χ0) is 14.8. The molecule has 2 unspecified atom stereocenters. The summed E-state index contributed by atoms with van der Waals surface area (Å²) in [5, 5.41) is 15.5. The smallest absolute Gasteiger partial charge is 0.168 e. The number of ether oxygens (including phenoxy) is 1. The fourth-order valence-corrected chi connectivity index (χ4v) is 2.26. The first-order valence-corrected chi connectivity index (χ1v) is 7.70. The van der Waals surface area contributed by atoms with Gasteiger partial charge in [-0.1, -0.05) is 32.6 Å². The third-order valence-corrected chi connectivity index (χ3v) is 3.56. The monoisotopic (exact) mass is 283 g/mol. The summed E-state index contributed by atoms with van der Waals surface area (Å²) < 4.78 is 7.00. The van der Waals surface area contributed by atoms with Gasteiger partial charge in [-0.05, 0) is 30.7 Å². The lowest BCUT2D eigenvalue weighted by Crippen LogP contribution is -2.26. The van der Waals surface area contributed by atoms with E-state index in [1.165, 1.54) is 25.7 Å². The van der Waals surface area contributed by atoms with E-state index in [-0.39, 0.29) is 6.04 Å². The maximum atomic E-state index is 5.04. The first-order chi connectivity index (χ1) is 9.70. The van der Waals surface area contributed by atoms with Crippen molar-refractivity contribution in [3.63, 3.8) is 0 Å². The van der Waals surface area contributed by atoms with E-state index in [1.807, 2.05) is 4.68 Å². The molecule has 6 heteroatoms. The maximum absolute atomic E-state index is 5.04. The molecule has 0 fully saturated rings. The molecule has 1 aromatic rings. The molecule has 20 heavy (non-hydrogen) atoms. The van der Waals surface area contributed by atoms with E-state index in [2.05, 4.69) is 41.6 Å². The van der Waals surface area contributed by atoms with Gasteiger partial charge >= 0.3 is 0 Å². The number of hydrogen-bond acceptors (Lipinski definition) is 5. The lowest BCUT2D eigenvalue weighted by atomic mass is 10.1. The molecule has 0 aliphatic carbocycles. The third kappa shape index (κ3) is 5.54. The highest BCUT2D eigenvalue weighted by atomic mass is 16.5. The number of methoxy groups -OCH3 is 1. The molecule has 0 aliphatic rings. The van der Waals surface area contributed by atoms with E-state index >= 15 is 0 Å². The van der Waals surface area contributed by atoms with E-state index in [1.54, 1.807) is 7.11 Å². The fraction of sp³-hybridized carbons (Fsp3) is 0.929. The lowest BCUT2D eigenvalue weighted by Gasteiger charge is -2.17. The average molecular weight is 283 g/mol. The Bertz CT molecular complexity index is 355. The van der Waals surface area contributed by atoms with Crippen molar-refractivity contribution >= 4 is 0 Å². The second-order valence-electron chi connectivity index (χ2n) is 5.35. The van der Waals surface area contributed by atoms with Gasteiger partial charge in [-0.2, -0.15) is 0 Å². The van der Waals surface area contributed by atoms with Crippen LogP contribution in [0.3, 0.4) is 0 Å². The first kappa shape index (κ1) is 17.0. The molecule has 1 rings (SSSR count). The largest absolute Gasteiger partial charge is 0.383 e. The van der Waals surface area contributed by atoms with Crippen molar-refractivity contribution in [2.45, 2.75) is 65.0 Å². The average Bonchev–Trinajstić information content (AvgIpc) is 2.93. The number of unbranched alkanes of at least 4 members (excludes halogenated alkanes) is 3. The van der Waals surface area contributed by atoms with Gasteiger partial charge in [0.25, 0.3) is 0 Å². The quantitative estimate of drug-likeness (QED) is 0.632. The SMILES string of the molecule is CCCCCCC(C)n1nnnc1C(C)NCCOC. The summed E-state index contributed by atoms with van der Waals surface area (Å²) >= 11 is 0. The Balaban J connectivity index is 2.47. The molecule has 0 bridgehead atoms. The van der Waals surface area contributed by atoms with Gasteiger partial charge in [0.2, 0.25) is 0 Å². The zero-order valence-corrected chi connectivity index (χ0v) is 13.3. The van der Waals surface area contributed by atoms with Crippen molar-refractivity contribution in [3.05, 3.63) is 5.82 Å². The Labute approximate surface area is 122 Å². The summed E-state index contributed by atoms with van der Waals surface area (Å²) in [6.45, 7) is 8.00. The highest BCUT2D eigenvalue weighted by Crippen LogP contribution is 2.18. The van der Waals surface area contributed by atoms with Crippen LogP contribution < -0.4 is 5.32 Å². The molecule has 0 saturated heterocycles. The zero-order valence-electron chi connectivity index (χ0n) is 13.3. The van der Waals surface area contributed by atoms with Crippen LogP contribution in [-0.2, 0) is 4.74 Å². The van der Waals surface area contributed by atoms with Crippen LogP contribution in [-0.4, -0.2) is 40.5 Å². The molecule has 2 atom stereocenters. The number of tetrazole rings is 1. The van der Waals surface area contributed by atoms with Gasteiger partial charge in [0.1, 0.15) is 0 Å². The molecule has 1 heterocycles. The highest BCUT2D eigenvalue weighted by Gasteiger charge is 2.17. The van der Waals surface area contributed by atoms with Crippen LogP contribution in [0.15, 0.2) is 0 Å². The van der Waals surface area contributed by atoms with Crippen LogP contribution in [0.25, 0.3) is 0 Å². The Kier molecular flexibility index (Phi) is 8.37. The number of rotatable bonds is 11. The van der Waals surface area contributed by atoms with Gasteiger partial charge < -0.3 is 10.1 Å². The minimum Gasteiger partial charge on any atom is -0.383 e. The third-order valence-electron chi connectivity index (χ3n) is 3.56. The normalized spacial score (nSPS) is 14.4. The predicted octanol–water partition coefficient (Wildman–Crippen LogP) is 2.50.